The van der Waals surface area contributed by atoms with Crippen LogP contribution >= 0.6 is 0 Å². The summed E-state index contributed by atoms with van der Waals surface area (Å²) in [5.74, 6) is 1.64. The molecule has 0 amide bonds. The highest BCUT2D eigenvalue weighted by atomic mass is 16.5. The van der Waals surface area contributed by atoms with Crippen LogP contribution in [0, 0.1) is 17.3 Å². The number of hydrogen-bond donors (Lipinski definition) is 1. The molecule has 3 nitrogen and oxygen atoms in total. The molecule has 0 aromatic heterocycles. The van der Waals surface area contributed by atoms with E-state index in [-0.39, 0.29) is 5.60 Å². The van der Waals surface area contributed by atoms with E-state index in [0.29, 0.717) is 5.41 Å². The minimum absolute atomic E-state index is 0.206. The number of fused-ring (bicyclic) bond motifs is 1. The quantitative estimate of drug-likeness (QED) is 0.343. The highest BCUT2D eigenvalue weighted by Crippen LogP contribution is 2.58. The Kier molecular flexibility index (Phi) is 9.15. The van der Waals surface area contributed by atoms with Crippen molar-refractivity contribution in [3.63, 3.8) is 0 Å². The molecule has 0 aromatic carbocycles. The summed E-state index contributed by atoms with van der Waals surface area (Å²) in [5.41, 5.74) is 3.75. The van der Waals surface area contributed by atoms with Crippen molar-refractivity contribution in [2.45, 2.75) is 115 Å². The molecule has 4 aliphatic rings. The van der Waals surface area contributed by atoms with E-state index in [4.69, 9.17) is 4.74 Å². The summed E-state index contributed by atoms with van der Waals surface area (Å²) in [7, 11) is 0. The standard InChI is InChI=1S/C31H51NO2/c1-4-10-25(23-28(33)5-2)13-14-26-11-8-17-30(3)27(15-16-29(26)30)12-9-20-32-21-22-34-31(24-32)18-6-7-19-31/h5,13-14,27-29,33H,2,4,6-12,15-24H2,1,3H3/b25-13-,26-14+. The second-order valence-corrected chi connectivity index (χ2v) is 12.2. The van der Waals surface area contributed by atoms with Gasteiger partial charge in [0.05, 0.1) is 18.3 Å². The lowest BCUT2D eigenvalue weighted by atomic mass is 9.62. The normalized spacial score (nSPS) is 34.0. The van der Waals surface area contributed by atoms with Crippen LogP contribution in [0.2, 0.25) is 0 Å². The average molecular weight is 470 g/mol. The maximum Gasteiger partial charge on any atom is 0.0809 e. The van der Waals surface area contributed by atoms with Crippen LogP contribution < -0.4 is 0 Å². The van der Waals surface area contributed by atoms with E-state index in [0.717, 1.165) is 44.2 Å². The third-order valence-corrected chi connectivity index (χ3v) is 9.88. The first-order valence-corrected chi connectivity index (χ1v) is 14.5. The Hall–Kier alpha value is -0.900. The van der Waals surface area contributed by atoms with Crippen molar-refractivity contribution < 1.29 is 9.84 Å². The Morgan fingerprint density at radius 3 is 2.82 bits per heavy atom. The van der Waals surface area contributed by atoms with E-state index in [9.17, 15) is 5.11 Å². The highest BCUT2D eigenvalue weighted by molar-refractivity contribution is 5.25. The number of allylic oxidation sites excluding steroid dienone is 3. The summed E-state index contributed by atoms with van der Waals surface area (Å²) >= 11 is 0. The number of nitrogens with zero attached hydrogens (tertiary/aromatic N) is 1. The molecule has 0 radical (unpaired) electrons. The zero-order valence-electron chi connectivity index (χ0n) is 22.2. The van der Waals surface area contributed by atoms with Gasteiger partial charge in [0.15, 0.2) is 0 Å². The van der Waals surface area contributed by atoms with Gasteiger partial charge in [-0.1, -0.05) is 62.5 Å². The molecule has 1 spiro atoms. The Morgan fingerprint density at radius 1 is 1.24 bits per heavy atom. The van der Waals surface area contributed by atoms with Gasteiger partial charge in [-0.2, -0.15) is 0 Å². The van der Waals surface area contributed by atoms with Gasteiger partial charge in [0, 0.05) is 13.1 Å². The van der Waals surface area contributed by atoms with Gasteiger partial charge in [-0.05, 0) is 94.4 Å². The maximum absolute atomic E-state index is 10.1. The molecule has 4 atom stereocenters. The Bertz CT molecular complexity index is 734. The van der Waals surface area contributed by atoms with Crippen LogP contribution in [0.25, 0.3) is 0 Å². The molecule has 4 fully saturated rings. The number of morpholine rings is 1. The van der Waals surface area contributed by atoms with Crippen LogP contribution in [-0.2, 0) is 4.74 Å². The summed E-state index contributed by atoms with van der Waals surface area (Å²) in [5, 5.41) is 10.1. The third kappa shape index (κ3) is 6.08. The van der Waals surface area contributed by atoms with Crippen molar-refractivity contribution in [1.82, 2.24) is 4.90 Å². The van der Waals surface area contributed by atoms with Gasteiger partial charge >= 0.3 is 0 Å². The molecule has 3 saturated carbocycles. The fourth-order valence-electron chi connectivity index (χ4n) is 7.97. The van der Waals surface area contributed by atoms with E-state index in [2.05, 4.69) is 37.5 Å². The van der Waals surface area contributed by atoms with Crippen LogP contribution in [0.3, 0.4) is 0 Å². The van der Waals surface area contributed by atoms with E-state index in [1.165, 1.54) is 89.3 Å². The third-order valence-electron chi connectivity index (χ3n) is 9.88. The fourth-order valence-corrected chi connectivity index (χ4v) is 7.97. The largest absolute Gasteiger partial charge is 0.389 e. The van der Waals surface area contributed by atoms with Crippen molar-refractivity contribution >= 4 is 0 Å². The van der Waals surface area contributed by atoms with Crippen LogP contribution in [0.5, 0.6) is 0 Å². The molecule has 0 bridgehead atoms. The smallest absolute Gasteiger partial charge is 0.0809 e. The predicted octanol–water partition coefficient (Wildman–Crippen LogP) is 7.22. The summed E-state index contributed by atoms with van der Waals surface area (Å²) < 4.78 is 6.25. The molecule has 34 heavy (non-hydrogen) atoms. The molecule has 4 rings (SSSR count). The van der Waals surface area contributed by atoms with Gasteiger partial charge in [-0.15, -0.1) is 6.58 Å². The molecule has 1 aliphatic heterocycles. The molecule has 192 valence electrons. The van der Waals surface area contributed by atoms with Crippen molar-refractivity contribution in [2.75, 3.05) is 26.2 Å². The van der Waals surface area contributed by atoms with Gasteiger partial charge in [0.25, 0.3) is 0 Å². The van der Waals surface area contributed by atoms with Crippen molar-refractivity contribution in [3.05, 3.63) is 36.0 Å². The van der Waals surface area contributed by atoms with Gasteiger partial charge < -0.3 is 9.84 Å². The minimum atomic E-state index is -0.418. The highest BCUT2D eigenvalue weighted by Gasteiger charge is 2.48. The van der Waals surface area contributed by atoms with Crippen molar-refractivity contribution in [3.8, 4) is 0 Å². The lowest BCUT2D eigenvalue weighted by Gasteiger charge is -2.43. The van der Waals surface area contributed by atoms with Gasteiger partial charge in [-0.25, -0.2) is 0 Å². The van der Waals surface area contributed by atoms with Gasteiger partial charge in [0.1, 0.15) is 0 Å². The molecule has 4 unspecified atom stereocenters. The van der Waals surface area contributed by atoms with Crippen LogP contribution in [0.4, 0.5) is 0 Å². The zero-order chi connectivity index (χ0) is 24.0. The fraction of sp³-hybridized carbons (Fsp3) is 0.806. The summed E-state index contributed by atoms with van der Waals surface area (Å²) in [6.07, 6.45) is 23.8. The number of aliphatic hydroxyl groups is 1. The number of aliphatic hydroxyl groups excluding tert-OH is 1. The average Bonchev–Trinajstić information content (AvgIpc) is 3.41. The van der Waals surface area contributed by atoms with Crippen molar-refractivity contribution in [1.29, 1.82) is 0 Å². The molecule has 0 aromatic rings. The molecule has 1 N–H and O–H groups in total. The van der Waals surface area contributed by atoms with Crippen LogP contribution in [0.1, 0.15) is 104 Å². The molecule has 3 heteroatoms. The number of ether oxygens (including phenoxy) is 1. The Labute approximate surface area is 209 Å². The topological polar surface area (TPSA) is 32.7 Å². The van der Waals surface area contributed by atoms with E-state index >= 15 is 0 Å². The summed E-state index contributed by atoms with van der Waals surface area (Å²) in [6.45, 7) is 13.1. The van der Waals surface area contributed by atoms with Gasteiger partial charge in [0.2, 0.25) is 0 Å². The lowest BCUT2D eigenvalue weighted by molar-refractivity contribution is -0.105. The van der Waals surface area contributed by atoms with E-state index < -0.39 is 6.10 Å². The monoisotopic (exact) mass is 469 g/mol. The van der Waals surface area contributed by atoms with E-state index in [1.807, 2.05) is 0 Å². The second kappa shape index (κ2) is 11.9. The first-order chi connectivity index (χ1) is 16.5. The second-order valence-electron chi connectivity index (χ2n) is 12.2. The Morgan fingerprint density at radius 2 is 2.06 bits per heavy atom. The number of hydrogen-bond acceptors (Lipinski definition) is 3. The molecular formula is C31H51NO2. The molecule has 1 saturated heterocycles. The SMILES string of the molecule is C=CC(O)C/C(=C\C=C1/CCCC2(C)C(CCCN3CCOC4(CCCC4)C3)CCC12)CCC. The minimum Gasteiger partial charge on any atom is -0.389 e. The maximum atomic E-state index is 10.1. The van der Waals surface area contributed by atoms with Crippen LogP contribution in [0.15, 0.2) is 36.0 Å². The lowest BCUT2D eigenvalue weighted by Crippen LogP contribution is -2.50. The summed E-state index contributed by atoms with van der Waals surface area (Å²) in [6, 6.07) is 0. The molecular weight excluding hydrogens is 418 g/mol. The zero-order valence-corrected chi connectivity index (χ0v) is 22.2. The van der Waals surface area contributed by atoms with E-state index in [1.54, 1.807) is 11.6 Å². The molecule has 1 heterocycles. The Balaban J connectivity index is 1.33. The molecule has 3 aliphatic carbocycles. The first-order valence-electron chi connectivity index (χ1n) is 14.5. The first kappa shape index (κ1) is 26.2. The number of rotatable bonds is 10. The van der Waals surface area contributed by atoms with Crippen molar-refractivity contribution in [2.24, 2.45) is 17.3 Å². The predicted molar refractivity (Wildman–Crippen MR) is 143 cm³/mol. The van der Waals surface area contributed by atoms with Gasteiger partial charge in [-0.3, -0.25) is 4.90 Å². The van der Waals surface area contributed by atoms with Crippen LogP contribution in [-0.4, -0.2) is 48.0 Å². The summed E-state index contributed by atoms with van der Waals surface area (Å²) in [4.78, 5) is 2.72.